The average molecular weight is 192 g/mol. The smallest absolute Gasteiger partial charge is 0.217 e. The normalized spacial score (nSPS) is 20.8. The van der Waals surface area contributed by atoms with Gasteiger partial charge in [0, 0.05) is 12.5 Å². The molecule has 1 saturated carbocycles. The van der Waals surface area contributed by atoms with E-state index in [0.29, 0.717) is 0 Å². The van der Waals surface area contributed by atoms with E-state index in [0.717, 1.165) is 12.8 Å². The first-order chi connectivity index (χ1) is 5.12. The number of rotatable bonds is 1. The highest BCUT2D eigenvalue weighted by Crippen LogP contribution is 2.27. The van der Waals surface area contributed by atoms with Crippen molar-refractivity contribution in [3.05, 3.63) is 0 Å². The number of hydrogen-bond donors (Lipinski definition) is 1. The van der Waals surface area contributed by atoms with Gasteiger partial charge in [0.05, 0.1) is 0 Å². The number of amides is 1. The molecule has 0 aromatic heterocycles. The molecule has 1 amide bonds. The summed E-state index contributed by atoms with van der Waals surface area (Å²) in [6.45, 7) is 3.74. The van der Waals surface area contributed by atoms with E-state index in [1.165, 1.54) is 19.3 Å². The van der Waals surface area contributed by atoms with Gasteiger partial charge in [0.1, 0.15) is 0 Å². The molecule has 0 heterocycles. The van der Waals surface area contributed by atoms with Gasteiger partial charge >= 0.3 is 0 Å². The molecular formula is C9H18ClNO. The summed E-state index contributed by atoms with van der Waals surface area (Å²) in [6.07, 6.45) is 6.14. The quantitative estimate of drug-likeness (QED) is 0.677. The second-order valence-electron chi connectivity index (χ2n) is 3.80. The lowest BCUT2D eigenvalue weighted by Gasteiger charge is -2.34. The van der Waals surface area contributed by atoms with Crippen molar-refractivity contribution in [1.29, 1.82) is 0 Å². The van der Waals surface area contributed by atoms with Gasteiger partial charge in [-0.1, -0.05) is 19.3 Å². The molecule has 0 bridgehead atoms. The van der Waals surface area contributed by atoms with Crippen molar-refractivity contribution in [2.24, 2.45) is 0 Å². The summed E-state index contributed by atoms with van der Waals surface area (Å²) in [5, 5.41) is 3.02. The molecule has 0 aromatic carbocycles. The van der Waals surface area contributed by atoms with E-state index in [2.05, 4.69) is 12.2 Å². The lowest BCUT2D eigenvalue weighted by Crippen LogP contribution is -2.46. The largest absolute Gasteiger partial charge is 0.351 e. The average Bonchev–Trinajstić information content (AvgIpc) is 1.85. The number of nitrogens with one attached hydrogen (secondary N) is 1. The molecule has 1 aliphatic carbocycles. The van der Waals surface area contributed by atoms with E-state index in [1.807, 2.05) is 0 Å². The van der Waals surface area contributed by atoms with E-state index < -0.39 is 0 Å². The standard InChI is InChI=1S/C9H17NO.ClH/c1-8(11)10-9(2)6-4-3-5-7-9;/h3-7H2,1-2H3,(H,10,11);1H. The molecule has 12 heavy (non-hydrogen) atoms. The van der Waals surface area contributed by atoms with Crippen molar-refractivity contribution >= 4 is 18.3 Å². The van der Waals surface area contributed by atoms with Crippen molar-refractivity contribution in [1.82, 2.24) is 5.32 Å². The molecule has 0 unspecified atom stereocenters. The highest BCUT2D eigenvalue weighted by Gasteiger charge is 2.26. The molecule has 0 spiro atoms. The van der Waals surface area contributed by atoms with Crippen LogP contribution in [0.4, 0.5) is 0 Å². The lowest BCUT2D eigenvalue weighted by molar-refractivity contribution is -0.121. The third kappa shape index (κ3) is 3.44. The molecule has 0 atom stereocenters. The molecule has 1 N–H and O–H groups in total. The lowest BCUT2D eigenvalue weighted by atomic mass is 9.83. The fourth-order valence-electron chi connectivity index (χ4n) is 1.88. The Hall–Kier alpha value is -0.240. The minimum absolute atomic E-state index is 0. The fourth-order valence-corrected chi connectivity index (χ4v) is 1.88. The Morgan fingerprint density at radius 1 is 1.25 bits per heavy atom. The molecule has 1 rings (SSSR count). The molecular weight excluding hydrogens is 174 g/mol. The van der Waals surface area contributed by atoms with Crippen LogP contribution < -0.4 is 5.32 Å². The van der Waals surface area contributed by atoms with Crippen molar-refractivity contribution in [3.8, 4) is 0 Å². The Bertz CT molecular complexity index is 153. The highest BCUT2D eigenvalue weighted by atomic mass is 35.5. The van der Waals surface area contributed by atoms with Crippen LogP contribution in [0.3, 0.4) is 0 Å². The second kappa shape index (κ2) is 4.70. The van der Waals surface area contributed by atoms with Crippen LogP contribution in [0.25, 0.3) is 0 Å². The van der Waals surface area contributed by atoms with Gasteiger partial charge in [0.15, 0.2) is 0 Å². The SMILES string of the molecule is CC(=O)NC1(C)CCCCC1.Cl. The van der Waals surface area contributed by atoms with Crippen molar-refractivity contribution in [2.75, 3.05) is 0 Å². The van der Waals surface area contributed by atoms with Crippen LogP contribution in [0, 0.1) is 0 Å². The number of halogens is 1. The van der Waals surface area contributed by atoms with E-state index in [9.17, 15) is 4.79 Å². The minimum Gasteiger partial charge on any atom is -0.351 e. The van der Waals surface area contributed by atoms with Gasteiger partial charge < -0.3 is 5.32 Å². The first-order valence-electron chi connectivity index (χ1n) is 4.41. The molecule has 0 aromatic rings. The van der Waals surface area contributed by atoms with Crippen LogP contribution in [0.5, 0.6) is 0 Å². The summed E-state index contributed by atoms with van der Waals surface area (Å²) in [5.74, 6) is 0.106. The molecule has 2 nitrogen and oxygen atoms in total. The topological polar surface area (TPSA) is 29.1 Å². The summed E-state index contributed by atoms with van der Waals surface area (Å²) in [6, 6.07) is 0. The van der Waals surface area contributed by atoms with Gasteiger partial charge in [-0.05, 0) is 19.8 Å². The predicted octanol–water partition coefficient (Wildman–Crippen LogP) is 2.27. The number of carbonyl (C=O) groups excluding carboxylic acids is 1. The molecule has 1 fully saturated rings. The maximum atomic E-state index is 10.8. The molecule has 3 heteroatoms. The van der Waals surface area contributed by atoms with Gasteiger partial charge in [-0.2, -0.15) is 0 Å². The summed E-state index contributed by atoms with van der Waals surface area (Å²) in [5.41, 5.74) is 0.101. The first-order valence-corrected chi connectivity index (χ1v) is 4.41. The van der Waals surface area contributed by atoms with Crippen LogP contribution in [-0.4, -0.2) is 11.4 Å². The van der Waals surface area contributed by atoms with Crippen LogP contribution in [0.1, 0.15) is 46.0 Å². The molecule has 0 radical (unpaired) electrons. The van der Waals surface area contributed by atoms with Crippen LogP contribution in [0.15, 0.2) is 0 Å². The van der Waals surface area contributed by atoms with Crippen molar-refractivity contribution in [2.45, 2.75) is 51.5 Å². The monoisotopic (exact) mass is 191 g/mol. The minimum atomic E-state index is 0. The Kier molecular flexibility index (Phi) is 4.61. The maximum absolute atomic E-state index is 10.8. The van der Waals surface area contributed by atoms with E-state index in [4.69, 9.17) is 0 Å². The third-order valence-corrected chi connectivity index (χ3v) is 2.43. The third-order valence-electron chi connectivity index (χ3n) is 2.43. The van der Waals surface area contributed by atoms with E-state index in [1.54, 1.807) is 6.92 Å². The van der Waals surface area contributed by atoms with Gasteiger partial charge in [0.2, 0.25) is 5.91 Å². The molecule has 0 saturated heterocycles. The van der Waals surface area contributed by atoms with Crippen LogP contribution in [-0.2, 0) is 4.79 Å². The molecule has 0 aliphatic heterocycles. The van der Waals surface area contributed by atoms with Crippen LogP contribution >= 0.6 is 12.4 Å². The summed E-state index contributed by atoms with van der Waals surface area (Å²) < 4.78 is 0. The Morgan fingerprint density at radius 3 is 2.17 bits per heavy atom. The van der Waals surface area contributed by atoms with Crippen molar-refractivity contribution in [3.63, 3.8) is 0 Å². The summed E-state index contributed by atoms with van der Waals surface area (Å²) >= 11 is 0. The maximum Gasteiger partial charge on any atom is 0.217 e. The Morgan fingerprint density at radius 2 is 1.75 bits per heavy atom. The van der Waals surface area contributed by atoms with Gasteiger partial charge in [-0.3, -0.25) is 4.79 Å². The van der Waals surface area contributed by atoms with Gasteiger partial charge in [-0.25, -0.2) is 0 Å². The molecule has 1 aliphatic rings. The van der Waals surface area contributed by atoms with Gasteiger partial charge in [0.25, 0.3) is 0 Å². The molecule has 72 valence electrons. The summed E-state index contributed by atoms with van der Waals surface area (Å²) in [7, 11) is 0. The number of hydrogen-bond acceptors (Lipinski definition) is 1. The van der Waals surface area contributed by atoms with Gasteiger partial charge in [-0.15, -0.1) is 12.4 Å². The second-order valence-corrected chi connectivity index (χ2v) is 3.80. The fraction of sp³-hybridized carbons (Fsp3) is 0.889. The Labute approximate surface area is 80.5 Å². The van der Waals surface area contributed by atoms with E-state index in [-0.39, 0.29) is 23.9 Å². The zero-order valence-electron chi connectivity index (χ0n) is 7.85. The van der Waals surface area contributed by atoms with E-state index >= 15 is 0 Å². The Balaban J connectivity index is 0.00000121. The predicted molar refractivity (Wildman–Crippen MR) is 52.6 cm³/mol. The number of carbonyl (C=O) groups is 1. The zero-order chi connectivity index (χ0) is 8.32. The zero-order valence-corrected chi connectivity index (χ0v) is 8.67. The summed E-state index contributed by atoms with van der Waals surface area (Å²) in [4.78, 5) is 10.8. The van der Waals surface area contributed by atoms with Crippen LogP contribution in [0.2, 0.25) is 0 Å². The van der Waals surface area contributed by atoms with Crippen molar-refractivity contribution < 1.29 is 4.79 Å². The highest BCUT2D eigenvalue weighted by molar-refractivity contribution is 5.85. The first kappa shape index (κ1) is 11.8.